The second-order valence-corrected chi connectivity index (χ2v) is 6.89. The Morgan fingerprint density at radius 1 is 1.15 bits per heavy atom. The molecular weight excluding hydrogens is 483 g/mol. The summed E-state index contributed by atoms with van der Waals surface area (Å²) in [5, 5.41) is 0. The maximum Gasteiger partial charge on any atom is 0.433 e. The third kappa shape index (κ3) is 4.97. The molecule has 176 valence electrons. The van der Waals surface area contributed by atoms with Crippen LogP contribution in [0.15, 0.2) is 30.6 Å². The molecule has 0 aliphatic rings. The van der Waals surface area contributed by atoms with Gasteiger partial charge in [-0.25, -0.2) is 19.2 Å². The molecule has 0 aliphatic heterocycles. The van der Waals surface area contributed by atoms with E-state index in [1.165, 1.54) is 6.92 Å². The second-order valence-electron chi connectivity index (χ2n) is 6.50. The lowest BCUT2D eigenvalue weighted by Gasteiger charge is -2.21. The first-order valence-corrected chi connectivity index (χ1v) is 9.15. The van der Waals surface area contributed by atoms with Crippen LogP contribution in [0.25, 0.3) is 5.82 Å². The van der Waals surface area contributed by atoms with E-state index >= 15 is 0 Å². The quantitative estimate of drug-likeness (QED) is 0.387. The number of hydrogen-bond donors (Lipinski definition) is 1. The molecule has 3 aromatic rings. The minimum atomic E-state index is -5.37. The van der Waals surface area contributed by atoms with E-state index in [4.69, 9.17) is 17.0 Å². The number of halogens is 7. The van der Waals surface area contributed by atoms with Crippen LogP contribution in [0.5, 0.6) is 5.75 Å². The fraction of sp³-hybridized carbons (Fsp3) is 0.222. The van der Waals surface area contributed by atoms with Crippen molar-refractivity contribution in [3.8, 4) is 11.6 Å². The molecule has 0 spiro atoms. The molecule has 0 unspecified atom stereocenters. The van der Waals surface area contributed by atoms with Gasteiger partial charge in [-0.05, 0) is 37.3 Å². The van der Waals surface area contributed by atoms with Crippen LogP contribution in [0.1, 0.15) is 17.0 Å². The number of ether oxygens (including phenoxy) is 1. The molecule has 33 heavy (non-hydrogen) atoms. The fourth-order valence-electron chi connectivity index (χ4n) is 2.59. The van der Waals surface area contributed by atoms with Crippen molar-refractivity contribution < 1.29 is 40.3 Å². The van der Waals surface area contributed by atoms with Crippen molar-refractivity contribution in [3.05, 3.63) is 58.1 Å². The van der Waals surface area contributed by atoms with Crippen LogP contribution >= 0.6 is 12.2 Å². The Labute approximate surface area is 185 Å². The van der Waals surface area contributed by atoms with Crippen molar-refractivity contribution in [1.82, 2.24) is 19.5 Å². The number of nitrogens with zero attached hydrogens (tertiary/aromatic N) is 4. The van der Waals surface area contributed by atoms with Gasteiger partial charge >= 0.3 is 18.4 Å². The van der Waals surface area contributed by atoms with Gasteiger partial charge in [0.2, 0.25) is 0 Å². The van der Waals surface area contributed by atoms with Crippen LogP contribution in [0.4, 0.5) is 41.3 Å². The van der Waals surface area contributed by atoms with Gasteiger partial charge in [0.05, 0.1) is 5.69 Å². The van der Waals surface area contributed by atoms with Crippen LogP contribution in [-0.4, -0.2) is 32.7 Å². The van der Waals surface area contributed by atoms with Crippen molar-refractivity contribution in [1.29, 1.82) is 0 Å². The van der Waals surface area contributed by atoms with E-state index < -0.39 is 47.1 Å². The summed E-state index contributed by atoms with van der Waals surface area (Å²) in [6.45, 7) is 1.28. The number of aryl methyl sites for hydroxylation is 1. The highest BCUT2D eigenvalue weighted by Gasteiger charge is 2.43. The summed E-state index contributed by atoms with van der Waals surface area (Å²) in [4.78, 5) is 22.6. The van der Waals surface area contributed by atoms with Crippen molar-refractivity contribution in [2.75, 3.05) is 11.9 Å². The van der Waals surface area contributed by atoms with E-state index in [0.29, 0.717) is 9.47 Å². The molecule has 0 aliphatic carbocycles. The minimum absolute atomic E-state index is 0.112. The van der Waals surface area contributed by atoms with Crippen molar-refractivity contribution in [2.45, 2.75) is 19.3 Å². The molecule has 3 heterocycles. The van der Waals surface area contributed by atoms with E-state index in [9.17, 15) is 35.5 Å². The Morgan fingerprint density at radius 3 is 2.33 bits per heavy atom. The molecule has 0 aromatic carbocycles. The number of alkyl halides is 6. The molecule has 0 radical (unpaired) electrons. The smallest absolute Gasteiger partial charge is 0.405 e. The minimum Gasteiger partial charge on any atom is -0.405 e. The van der Waals surface area contributed by atoms with Gasteiger partial charge in [-0.1, -0.05) is 0 Å². The van der Waals surface area contributed by atoms with Crippen LogP contribution in [0.2, 0.25) is 0 Å². The van der Waals surface area contributed by atoms with Crippen LogP contribution in [-0.2, 0) is 12.4 Å². The summed E-state index contributed by atoms with van der Waals surface area (Å²) < 4.78 is 99.6. The lowest BCUT2D eigenvalue weighted by molar-refractivity contribution is -0.146. The maximum atomic E-state index is 13.7. The molecule has 0 saturated carbocycles. The van der Waals surface area contributed by atoms with Gasteiger partial charge in [-0.2, -0.15) is 26.3 Å². The van der Waals surface area contributed by atoms with Crippen molar-refractivity contribution >= 4 is 24.1 Å². The maximum absolute atomic E-state index is 13.7. The van der Waals surface area contributed by atoms with E-state index in [-0.39, 0.29) is 22.3 Å². The summed E-state index contributed by atoms with van der Waals surface area (Å²) in [6, 6.07) is 1.75. The highest BCUT2D eigenvalue weighted by Crippen LogP contribution is 2.42. The van der Waals surface area contributed by atoms with E-state index in [2.05, 4.69) is 15.0 Å². The van der Waals surface area contributed by atoms with Gasteiger partial charge in [0.25, 0.3) is 0 Å². The monoisotopic (exact) mass is 495 g/mol. The molecular formula is C18H12F7N5O2S. The Morgan fingerprint density at radius 2 is 1.82 bits per heavy atom. The SMILES string of the molecule is Cc1nc(N(C)C(=O)Oc2c(C(F)(F)F)cc(C(F)(F)F)nc2-n2cc[nH]c2=S)ccc1F. The lowest BCUT2D eigenvalue weighted by Crippen LogP contribution is -2.32. The number of nitrogens with one attached hydrogen (secondary N) is 1. The molecule has 15 heteroatoms. The molecule has 3 rings (SSSR count). The summed E-state index contributed by atoms with van der Waals surface area (Å²) in [6.07, 6.45) is -9.92. The van der Waals surface area contributed by atoms with Crippen LogP contribution in [0, 0.1) is 17.5 Å². The number of aromatic nitrogens is 4. The Hall–Kier alpha value is -3.49. The molecule has 7 nitrogen and oxygen atoms in total. The third-order valence-electron chi connectivity index (χ3n) is 4.24. The number of imidazole rings is 1. The zero-order chi connectivity index (χ0) is 24.7. The average Bonchev–Trinajstić information content (AvgIpc) is 3.13. The molecule has 0 bridgehead atoms. The van der Waals surface area contributed by atoms with Gasteiger partial charge in [-0.3, -0.25) is 9.47 Å². The highest BCUT2D eigenvalue weighted by atomic mass is 32.1. The zero-order valence-electron chi connectivity index (χ0n) is 16.5. The normalized spacial score (nSPS) is 12.0. The second kappa shape index (κ2) is 8.46. The molecule has 1 amide bonds. The average molecular weight is 495 g/mol. The number of carbonyl (C=O) groups excluding carboxylic acids is 1. The standard InChI is InChI=1S/C18H12F7N5O2S/c1-8-10(19)3-4-12(27-8)29(2)16(31)32-13-9(17(20,21)22)7-11(18(23,24)25)28-14(13)30-6-5-26-15(30)33/h3-7H,1-2H3,(H,26,33). The summed E-state index contributed by atoms with van der Waals surface area (Å²) in [7, 11) is 1.06. The predicted molar refractivity (Wildman–Crippen MR) is 102 cm³/mol. The lowest BCUT2D eigenvalue weighted by atomic mass is 10.1. The molecule has 0 atom stereocenters. The van der Waals surface area contributed by atoms with Crippen molar-refractivity contribution in [3.63, 3.8) is 0 Å². The van der Waals surface area contributed by atoms with Gasteiger partial charge in [0.15, 0.2) is 16.3 Å². The number of hydrogen-bond acceptors (Lipinski definition) is 5. The molecule has 0 fully saturated rings. The summed E-state index contributed by atoms with van der Waals surface area (Å²) in [5.41, 5.74) is -3.90. The Balaban J connectivity index is 2.18. The fourth-order valence-corrected chi connectivity index (χ4v) is 2.81. The molecule has 0 saturated heterocycles. The zero-order valence-corrected chi connectivity index (χ0v) is 17.4. The van der Waals surface area contributed by atoms with Gasteiger partial charge in [-0.15, -0.1) is 0 Å². The highest BCUT2D eigenvalue weighted by molar-refractivity contribution is 7.71. The molecule has 3 aromatic heterocycles. The number of aromatic amines is 1. The van der Waals surface area contributed by atoms with Crippen LogP contribution in [0.3, 0.4) is 0 Å². The Kier molecular flexibility index (Phi) is 6.19. The first kappa shape index (κ1) is 24.2. The first-order valence-electron chi connectivity index (χ1n) is 8.74. The summed E-state index contributed by atoms with van der Waals surface area (Å²) >= 11 is 4.88. The molecule has 1 N–H and O–H groups in total. The Bertz CT molecular complexity index is 1270. The predicted octanol–water partition coefficient (Wildman–Crippen LogP) is 5.45. The number of pyridine rings is 2. The van der Waals surface area contributed by atoms with Gasteiger partial charge in [0.1, 0.15) is 22.9 Å². The third-order valence-corrected chi connectivity index (χ3v) is 4.56. The number of H-pyrrole nitrogens is 1. The van der Waals surface area contributed by atoms with Crippen molar-refractivity contribution in [2.24, 2.45) is 0 Å². The number of carbonyl (C=O) groups is 1. The van der Waals surface area contributed by atoms with E-state index in [1.54, 1.807) is 0 Å². The topological polar surface area (TPSA) is 76.0 Å². The summed E-state index contributed by atoms with van der Waals surface area (Å²) in [5.74, 6) is -3.22. The van der Waals surface area contributed by atoms with Gasteiger partial charge < -0.3 is 9.72 Å². The van der Waals surface area contributed by atoms with E-state index in [0.717, 1.165) is 31.6 Å². The number of anilines is 1. The van der Waals surface area contributed by atoms with Crippen LogP contribution < -0.4 is 9.64 Å². The van der Waals surface area contributed by atoms with E-state index in [1.807, 2.05) is 0 Å². The number of rotatable bonds is 3. The first-order chi connectivity index (χ1) is 15.2. The number of amides is 1. The largest absolute Gasteiger partial charge is 0.433 e. The van der Waals surface area contributed by atoms with Gasteiger partial charge in [0, 0.05) is 19.4 Å².